The van der Waals surface area contributed by atoms with Gasteiger partial charge in [0, 0.05) is 6.04 Å². The lowest BCUT2D eigenvalue weighted by Gasteiger charge is -2.08. The molecular formula is C15H21N3. The molecule has 1 aromatic heterocycles. The van der Waals surface area contributed by atoms with Crippen molar-refractivity contribution in [3.05, 3.63) is 29.6 Å². The second-order valence-corrected chi connectivity index (χ2v) is 5.30. The standard InChI is InChI=1S/C15H21N3/c1-3-8-16-10-15-17-13-9-11(2)4-7-14(13)18(15)12-5-6-12/h4,7,9,12,16H,3,5-6,8,10H2,1-2H3. The number of hydrogen-bond donors (Lipinski definition) is 1. The predicted molar refractivity (Wildman–Crippen MR) is 74.7 cm³/mol. The van der Waals surface area contributed by atoms with Crippen molar-refractivity contribution in [3.63, 3.8) is 0 Å². The number of benzene rings is 1. The summed E-state index contributed by atoms with van der Waals surface area (Å²) in [6.07, 6.45) is 3.78. The molecule has 1 aromatic carbocycles. The fraction of sp³-hybridized carbons (Fsp3) is 0.533. The monoisotopic (exact) mass is 243 g/mol. The number of aromatic nitrogens is 2. The Morgan fingerprint density at radius 3 is 2.94 bits per heavy atom. The van der Waals surface area contributed by atoms with Crippen LogP contribution in [0.2, 0.25) is 0 Å². The van der Waals surface area contributed by atoms with E-state index in [2.05, 4.69) is 41.9 Å². The molecule has 96 valence electrons. The van der Waals surface area contributed by atoms with Crippen LogP contribution in [0.1, 0.15) is 43.6 Å². The van der Waals surface area contributed by atoms with Gasteiger partial charge in [0.05, 0.1) is 17.6 Å². The van der Waals surface area contributed by atoms with Gasteiger partial charge in [-0.25, -0.2) is 4.98 Å². The zero-order chi connectivity index (χ0) is 12.5. The summed E-state index contributed by atoms with van der Waals surface area (Å²) in [5.74, 6) is 1.20. The van der Waals surface area contributed by atoms with Crippen LogP contribution in [0.3, 0.4) is 0 Å². The number of aryl methyl sites for hydroxylation is 1. The van der Waals surface area contributed by atoms with Crippen molar-refractivity contribution in [2.75, 3.05) is 6.54 Å². The van der Waals surface area contributed by atoms with Crippen molar-refractivity contribution in [1.82, 2.24) is 14.9 Å². The average molecular weight is 243 g/mol. The average Bonchev–Trinajstić information content (AvgIpc) is 3.12. The molecule has 0 unspecified atom stereocenters. The molecule has 0 spiro atoms. The summed E-state index contributed by atoms with van der Waals surface area (Å²) in [5, 5.41) is 3.47. The smallest absolute Gasteiger partial charge is 0.124 e. The topological polar surface area (TPSA) is 29.9 Å². The lowest BCUT2D eigenvalue weighted by Crippen LogP contribution is -2.17. The molecule has 2 aromatic rings. The molecule has 0 amide bonds. The summed E-state index contributed by atoms with van der Waals surface area (Å²) >= 11 is 0. The van der Waals surface area contributed by atoms with Gasteiger partial charge in [-0.05, 0) is 50.4 Å². The molecule has 3 heteroatoms. The Balaban J connectivity index is 1.98. The molecule has 1 N–H and O–H groups in total. The van der Waals surface area contributed by atoms with Gasteiger partial charge in [-0.15, -0.1) is 0 Å². The molecule has 0 saturated heterocycles. The minimum Gasteiger partial charge on any atom is -0.324 e. The zero-order valence-corrected chi connectivity index (χ0v) is 11.2. The third-order valence-corrected chi connectivity index (χ3v) is 3.54. The highest BCUT2D eigenvalue weighted by Crippen LogP contribution is 2.38. The lowest BCUT2D eigenvalue weighted by molar-refractivity contribution is 0.609. The molecular weight excluding hydrogens is 222 g/mol. The Morgan fingerprint density at radius 2 is 2.22 bits per heavy atom. The normalized spacial score (nSPS) is 15.4. The maximum absolute atomic E-state index is 4.81. The van der Waals surface area contributed by atoms with E-state index in [0.29, 0.717) is 6.04 Å². The number of imidazole rings is 1. The molecule has 1 aliphatic carbocycles. The lowest BCUT2D eigenvalue weighted by atomic mass is 10.2. The first-order chi connectivity index (χ1) is 8.79. The van der Waals surface area contributed by atoms with Crippen molar-refractivity contribution in [2.45, 2.75) is 45.7 Å². The van der Waals surface area contributed by atoms with Crippen molar-refractivity contribution in [2.24, 2.45) is 0 Å². The molecule has 1 heterocycles. The summed E-state index contributed by atoms with van der Waals surface area (Å²) in [6.45, 7) is 6.27. The second-order valence-electron chi connectivity index (χ2n) is 5.30. The van der Waals surface area contributed by atoms with Crippen LogP contribution in [0.25, 0.3) is 11.0 Å². The van der Waals surface area contributed by atoms with E-state index in [4.69, 9.17) is 4.98 Å². The third-order valence-electron chi connectivity index (χ3n) is 3.54. The largest absolute Gasteiger partial charge is 0.324 e. The van der Waals surface area contributed by atoms with Gasteiger partial charge < -0.3 is 9.88 Å². The van der Waals surface area contributed by atoms with Crippen LogP contribution in [0, 0.1) is 6.92 Å². The number of nitrogens with one attached hydrogen (secondary N) is 1. The molecule has 3 nitrogen and oxygen atoms in total. The van der Waals surface area contributed by atoms with Crippen LogP contribution in [0.4, 0.5) is 0 Å². The van der Waals surface area contributed by atoms with Crippen LogP contribution in [0.15, 0.2) is 18.2 Å². The van der Waals surface area contributed by atoms with Gasteiger partial charge in [0.2, 0.25) is 0 Å². The Kier molecular flexibility index (Phi) is 3.08. The van der Waals surface area contributed by atoms with E-state index < -0.39 is 0 Å². The first-order valence-electron chi connectivity index (χ1n) is 6.97. The van der Waals surface area contributed by atoms with E-state index in [1.165, 1.54) is 36.2 Å². The van der Waals surface area contributed by atoms with Gasteiger partial charge in [0.1, 0.15) is 5.82 Å². The Labute approximate surface area is 108 Å². The zero-order valence-electron chi connectivity index (χ0n) is 11.2. The Hall–Kier alpha value is -1.35. The molecule has 0 radical (unpaired) electrons. The van der Waals surface area contributed by atoms with Crippen LogP contribution in [-0.2, 0) is 6.54 Å². The van der Waals surface area contributed by atoms with Crippen molar-refractivity contribution in [3.8, 4) is 0 Å². The van der Waals surface area contributed by atoms with Crippen molar-refractivity contribution in [1.29, 1.82) is 0 Å². The quantitative estimate of drug-likeness (QED) is 0.817. The molecule has 18 heavy (non-hydrogen) atoms. The number of fused-ring (bicyclic) bond motifs is 1. The first kappa shape index (κ1) is 11.7. The minimum absolute atomic E-state index is 0.691. The summed E-state index contributed by atoms with van der Waals surface area (Å²) < 4.78 is 2.44. The number of rotatable bonds is 5. The second kappa shape index (κ2) is 4.73. The van der Waals surface area contributed by atoms with Crippen LogP contribution >= 0.6 is 0 Å². The van der Waals surface area contributed by atoms with E-state index in [-0.39, 0.29) is 0 Å². The number of nitrogens with zero attached hydrogens (tertiary/aromatic N) is 2. The molecule has 3 rings (SSSR count). The summed E-state index contributed by atoms with van der Waals surface area (Å²) in [5.41, 5.74) is 3.74. The van der Waals surface area contributed by atoms with Crippen molar-refractivity contribution < 1.29 is 0 Å². The number of hydrogen-bond acceptors (Lipinski definition) is 2. The van der Waals surface area contributed by atoms with Crippen LogP contribution in [0.5, 0.6) is 0 Å². The third kappa shape index (κ3) is 2.15. The highest BCUT2D eigenvalue weighted by molar-refractivity contribution is 5.77. The van der Waals surface area contributed by atoms with E-state index in [1.807, 2.05) is 0 Å². The van der Waals surface area contributed by atoms with Gasteiger partial charge in [-0.1, -0.05) is 13.0 Å². The van der Waals surface area contributed by atoms with E-state index in [1.54, 1.807) is 0 Å². The molecule has 0 aliphatic heterocycles. The fourth-order valence-electron chi connectivity index (χ4n) is 2.50. The molecule has 1 fully saturated rings. The van der Waals surface area contributed by atoms with E-state index >= 15 is 0 Å². The van der Waals surface area contributed by atoms with Gasteiger partial charge in [0.25, 0.3) is 0 Å². The maximum atomic E-state index is 4.81. The summed E-state index contributed by atoms with van der Waals surface area (Å²) in [7, 11) is 0. The molecule has 1 saturated carbocycles. The van der Waals surface area contributed by atoms with Crippen LogP contribution < -0.4 is 5.32 Å². The van der Waals surface area contributed by atoms with Crippen molar-refractivity contribution >= 4 is 11.0 Å². The highest BCUT2D eigenvalue weighted by Gasteiger charge is 2.27. The van der Waals surface area contributed by atoms with E-state index in [9.17, 15) is 0 Å². The Bertz CT molecular complexity index is 552. The van der Waals surface area contributed by atoms with Gasteiger partial charge in [-0.2, -0.15) is 0 Å². The fourth-order valence-corrected chi connectivity index (χ4v) is 2.50. The summed E-state index contributed by atoms with van der Waals surface area (Å²) in [6, 6.07) is 7.29. The highest BCUT2D eigenvalue weighted by atomic mass is 15.1. The van der Waals surface area contributed by atoms with E-state index in [0.717, 1.165) is 18.6 Å². The molecule has 1 aliphatic rings. The SMILES string of the molecule is CCCNCc1nc2cc(C)ccc2n1C1CC1. The molecule has 0 atom stereocenters. The summed E-state index contributed by atoms with van der Waals surface area (Å²) in [4.78, 5) is 4.81. The van der Waals surface area contributed by atoms with Gasteiger partial charge in [-0.3, -0.25) is 0 Å². The first-order valence-corrected chi connectivity index (χ1v) is 6.97. The van der Waals surface area contributed by atoms with Gasteiger partial charge in [0.15, 0.2) is 0 Å². The minimum atomic E-state index is 0.691. The predicted octanol–water partition coefficient (Wildman–Crippen LogP) is 3.18. The Morgan fingerprint density at radius 1 is 1.39 bits per heavy atom. The maximum Gasteiger partial charge on any atom is 0.124 e. The molecule has 0 bridgehead atoms. The van der Waals surface area contributed by atoms with Crippen LogP contribution in [-0.4, -0.2) is 16.1 Å². The van der Waals surface area contributed by atoms with Gasteiger partial charge >= 0.3 is 0 Å².